The summed E-state index contributed by atoms with van der Waals surface area (Å²) >= 11 is 6.05. The molecule has 0 spiro atoms. The summed E-state index contributed by atoms with van der Waals surface area (Å²) in [6, 6.07) is 7.13. The predicted molar refractivity (Wildman–Crippen MR) is 106 cm³/mol. The van der Waals surface area contributed by atoms with E-state index in [4.69, 9.17) is 16.3 Å². The number of nitrogens with zero attached hydrogens (tertiary/aromatic N) is 4. The first kappa shape index (κ1) is 19.0. The van der Waals surface area contributed by atoms with Crippen LogP contribution in [0.1, 0.15) is 5.56 Å². The van der Waals surface area contributed by atoms with E-state index in [9.17, 15) is 4.79 Å². The number of nitrogens with one attached hydrogen (secondary N) is 1. The monoisotopic (exact) mass is 385 g/mol. The Morgan fingerprint density at radius 2 is 2.04 bits per heavy atom. The van der Waals surface area contributed by atoms with Gasteiger partial charge in [-0.05, 0) is 32.3 Å². The number of aromatic nitrogens is 3. The number of rotatable bonds is 8. The van der Waals surface area contributed by atoms with Gasteiger partial charge >= 0.3 is 0 Å². The molecule has 3 rings (SSSR count). The minimum absolute atomic E-state index is 0.221. The minimum Gasteiger partial charge on any atom is -0.476 e. The van der Waals surface area contributed by atoms with Crippen molar-refractivity contribution >= 4 is 40.3 Å². The molecular weight excluding hydrogens is 366 g/mol. The van der Waals surface area contributed by atoms with Crippen LogP contribution in [-0.4, -0.2) is 53.4 Å². The number of carbonyl (C=O) groups is 1. The maximum absolute atomic E-state index is 11.0. The zero-order valence-electron chi connectivity index (χ0n) is 15.1. The van der Waals surface area contributed by atoms with Gasteiger partial charge < -0.3 is 19.7 Å². The van der Waals surface area contributed by atoms with Crippen LogP contribution in [0.2, 0.25) is 5.15 Å². The van der Waals surface area contributed by atoms with Crippen LogP contribution in [0.15, 0.2) is 36.7 Å². The molecule has 3 aromatic heterocycles. The van der Waals surface area contributed by atoms with Crippen molar-refractivity contribution in [2.45, 2.75) is 6.42 Å². The number of aldehydes is 1. The molecule has 0 atom stereocenters. The minimum atomic E-state index is 0.221. The molecule has 8 heteroatoms. The highest BCUT2D eigenvalue weighted by Gasteiger charge is 2.12. The summed E-state index contributed by atoms with van der Waals surface area (Å²) in [5.74, 6) is 0.552. The Labute approximate surface area is 162 Å². The molecule has 0 aliphatic carbocycles. The topological polar surface area (TPSA) is 80.2 Å². The van der Waals surface area contributed by atoms with Crippen LogP contribution in [0.25, 0.3) is 11.0 Å². The molecule has 7 nitrogen and oxygen atoms in total. The second-order valence-electron chi connectivity index (χ2n) is 6.19. The zero-order chi connectivity index (χ0) is 19.2. The first-order valence-electron chi connectivity index (χ1n) is 8.45. The van der Waals surface area contributed by atoms with Crippen molar-refractivity contribution in [1.82, 2.24) is 19.9 Å². The van der Waals surface area contributed by atoms with Crippen molar-refractivity contribution < 1.29 is 9.53 Å². The van der Waals surface area contributed by atoms with Crippen LogP contribution in [0.3, 0.4) is 0 Å². The van der Waals surface area contributed by atoms with Crippen molar-refractivity contribution in [3.8, 4) is 5.88 Å². The highest BCUT2D eigenvalue weighted by Crippen LogP contribution is 2.29. The Kier molecular flexibility index (Phi) is 6.16. The number of hydrogen-bond donors (Lipinski definition) is 1. The van der Waals surface area contributed by atoms with Crippen molar-refractivity contribution in [3.05, 3.63) is 47.4 Å². The van der Waals surface area contributed by atoms with Crippen LogP contribution in [0.4, 0.5) is 11.4 Å². The van der Waals surface area contributed by atoms with Crippen molar-refractivity contribution in [2.24, 2.45) is 0 Å². The van der Waals surface area contributed by atoms with E-state index >= 15 is 0 Å². The van der Waals surface area contributed by atoms with E-state index in [2.05, 4.69) is 20.3 Å². The van der Waals surface area contributed by atoms with Crippen LogP contribution in [-0.2, 0) is 11.2 Å². The maximum atomic E-state index is 11.0. The predicted octanol–water partition coefficient (Wildman–Crippen LogP) is 3.10. The average Bonchev–Trinajstić information content (AvgIpc) is 2.65. The number of likely N-dealkylation sites (N-methyl/N-ethyl adjacent to an activating group) is 1. The van der Waals surface area contributed by atoms with E-state index in [1.807, 2.05) is 25.1 Å². The summed E-state index contributed by atoms with van der Waals surface area (Å²) in [7, 11) is 3.97. The Morgan fingerprint density at radius 3 is 2.74 bits per heavy atom. The molecule has 0 aliphatic heterocycles. The molecule has 27 heavy (non-hydrogen) atoms. The third kappa shape index (κ3) is 4.90. The third-order valence-corrected chi connectivity index (χ3v) is 4.07. The largest absolute Gasteiger partial charge is 0.476 e. The second-order valence-corrected chi connectivity index (χ2v) is 6.58. The van der Waals surface area contributed by atoms with E-state index in [1.54, 1.807) is 30.6 Å². The van der Waals surface area contributed by atoms with Crippen molar-refractivity contribution in [3.63, 3.8) is 0 Å². The number of ether oxygens (including phenoxy) is 1. The lowest BCUT2D eigenvalue weighted by Gasteiger charge is -2.14. The number of carbonyl (C=O) groups excluding carboxylic acids is 1. The normalized spacial score (nSPS) is 11.0. The Balaban J connectivity index is 1.85. The van der Waals surface area contributed by atoms with E-state index in [1.165, 1.54) is 0 Å². The van der Waals surface area contributed by atoms with Crippen molar-refractivity contribution in [1.29, 1.82) is 0 Å². The molecule has 0 radical (unpaired) electrons. The molecule has 3 heterocycles. The van der Waals surface area contributed by atoms with Gasteiger partial charge in [-0.2, -0.15) is 0 Å². The highest BCUT2D eigenvalue weighted by molar-refractivity contribution is 6.29. The number of anilines is 2. The van der Waals surface area contributed by atoms with Gasteiger partial charge in [-0.1, -0.05) is 11.6 Å². The Hall–Kier alpha value is -2.77. The van der Waals surface area contributed by atoms with E-state index in [0.717, 1.165) is 24.1 Å². The van der Waals surface area contributed by atoms with Gasteiger partial charge in [0.15, 0.2) is 0 Å². The quantitative estimate of drug-likeness (QED) is 0.471. The fourth-order valence-corrected chi connectivity index (χ4v) is 2.63. The summed E-state index contributed by atoms with van der Waals surface area (Å²) in [6.07, 6.45) is 4.39. The number of hydrogen-bond acceptors (Lipinski definition) is 7. The maximum Gasteiger partial charge on any atom is 0.213 e. The fourth-order valence-electron chi connectivity index (χ4n) is 2.48. The number of pyridine rings is 3. The molecule has 0 aliphatic rings. The highest BCUT2D eigenvalue weighted by atomic mass is 35.5. The van der Waals surface area contributed by atoms with Crippen LogP contribution < -0.4 is 10.1 Å². The first-order valence-corrected chi connectivity index (χ1v) is 8.83. The lowest BCUT2D eigenvalue weighted by atomic mass is 10.1. The van der Waals surface area contributed by atoms with Crippen molar-refractivity contribution in [2.75, 3.05) is 32.6 Å². The van der Waals surface area contributed by atoms with E-state index in [0.29, 0.717) is 34.4 Å². The molecule has 140 valence electrons. The third-order valence-electron chi connectivity index (χ3n) is 3.85. The molecular formula is C19H20ClN5O2. The Bertz CT molecular complexity index is 931. The lowest BCUT2D eigenvalue weighted by molar-refractivity contribution is -0.107. The fraction of sp³-hybridized carbons (Fsp3) is 0.263. The average molecular weight is 386 g/mol. The van der Waals surface area contributed by atoms with Crippen LogP contribution >= 0.6 is 11.6 Å². The van der Waals surface area contributed by atoms with Crippen LogP contribution in [0.5, 0.6) is 5.88 Å². The summed E-state index contributed by atoms with van der Waals surface area (Å²) in [6.45, 7) is 1.37. The summed E-state index contributed by atoms with van der Waals surface area (Å²) in [5, 5.41) is 3.64. The standard InChI is InChI=1S/C19H20ClN5O2/c1-25(2)8-10-27-17-6-3-14(12-22-17)23-18-13(7-9-26)11-21-15-4-5-16(20)24-19(15)18/h3-6,9,11-12H,7-8,10H2,1-2H3,(H,21,23). The Morgan fingerprint density at radius 1 is 1.19 bits per heavy atom. The second kappa shape index (κ2) is 8.75. The molecule has 0 saturated heterocycles. The van der Waals surface area contributed by atoms with Gasteiger partial charge in [-0.15, -0.1) is 0 Å². The van der Waals surface area contributed by atoms with Gasteiger partial charge in [0, 0.05) is 30.8 Å². The summed E-state index contributed by atoms with van der Waals surface area (Å²) in [5.41, 5.74) is 3.47. The molecule has 0 aromatic carbocycles. The molecule has 3 aromatic rings. The van der Waals surface area contributed by atoms with Gasteiger partial charge in [-0.3, -0.25) is 4.98 Å². The van der Waals surface area contributed by atoms with Gasteiger partial charge in [-0.25, -0.2) is 9.97 Å². The first-order chi connectivity index (χ1) is 13.1. The molecule has 0 fully saturated rings. The smallest absolute Gasteiger partial charge is 0.213 e. The molecule has 1 N–H and O–H groups in total. The van der Waals surface area contributed by atoms with Gasteiger partial charge in [0.2, 0.25) is 5.88 Å². The number of halogens is 1. The molecule has 0 bridgehead atoms. The summed E-state index contributed by atoms with van der Waals surface area (Å²) < 4.78 is 5.60. The molecule has 0 unspecified atom stereocenters. The van der Waals surface area contributed by atoms with E-state index < -0.39 is 0 Å². The lowest BCUT2D eigenvalue weighted by Crippen LogP contribution is -2.19. The van der Waals surface area contributed by atoms with Gasteiger partial charge in [0.05, 0.1) is 23.1 Å². The van der Waals surface area contributed by atoms with Crippen LogP contribution in [0, 0.1) is 0 Å². The zero-order valence-corrected chi connectivity index (χ0v) is 15.9. The molecule has 0 amide bonds. The molecule has 0 saturated carbocycles. The summed E-state index contributed by atoms with van der Waals surface area (Å²) in [4.78, 5) is 26.1. The SMILES string of the molecule is CN(C)CCOc1ccc(Nc2c(CC=O)cnc3ccc(Cl)nc23)cn1. The van der Waals surface area contributed by atoms with Gasteiger partial charge in [0.25, 0.3) is 0 Å². The van der Waals surface area contributed by atoms with E-state index in [-0.39, 0.29) is 6.42 Å². The van der Waals surface area contributed by atoms with Gasteiger partial charge in [0.1, 0.15) is 23.6 Å². The number of fused-ring (bicyclic) bond motifs is 1.